The maximum Gasteiger partial charge on any atom is 0.147 e. The van der Waals surface area contributed by atoms with Gasteiger partial charge in [-0.3, -0.25) is 4.98 Å². The molecular formula is C14H24N4. The lowest BCUT2D eigenvalue weighted by atomic mass is 10.1. The number of nitrogens with one attached hydrogen (secondary N) is 1. The van der Waals surface area contributed by atoms with E-state index in [1.54, 1.807) is 0 Å². The Labute approximate surface area is 110 Å². The molecule has 0 spiro atoms. The van der Waals surface area contributed by atoms with Gasteiger partial charge in [0, 0.05) is 31.9 Å². The monoisotopic (exact) mass is 248 g/mol. The molecule has 1 saturated heterocycles. The van der Waals surface area contributed by atoms with Crippen LogP contribution < -0.4 is 10.2 Å². The first kappa shape index (κ1) is 13.3. The zero-order valence-electron chi connectivity index (χ0n) is 11.7. The van der Waals surface area contributed by atoms with Gasteiger partial charge >= 0.3 is 0 Å². The van der Waals surface area contributed by atoms with E-state index in [4.69, 9.17) is 4.98 Å². The van der Waals surface area contributed by atoms with Crippen molar-refractivity contribution in [1.82, 2.24) is 15.3 Å². The highest BCUT2D eigenvalue weighted by Gasteiger charge is 2.22. The number of hydrogen-bond acceptors (Lipinski definition) is 4. The van der Waals surface area contributed by atoms with E-state index in [9.17, 15) is 0 Å². The van der Waals surface area contributed by atoms with Gasteiger partial charge in [-0.25, -0.2) is 4.98 Å². The van der Waals surface area contributed by atoms with Crippen molar-refractivity contribution in [2.24, 2.45) is 5.92 Å². The van der Waals surface area contributed by atoms with Crippen LogP contribution >= 0.6 is 0 Å². The molecule has 1 aliphatic rings. The van der Waals surface area contributed by atoms with Crippen molar-refractivity contribution >= 4 is 5.82 Å². The van der Waals surface area contributed by atoms with Crippen molar-refractivity contribution in [1.29, 1.82) is 0 Å². The fourth-order valence-corrected chi connectivity index (χ4v) is 2.32. The average molecular weight is 248 g/mol. The van der Waals surface area contributed by atoms with Crippen LogP contribution in [0, 0.1) is 5.92 Å². The van der Waals surface area contributed by atoms with Crippen LogP contribution in [0.2, 0.25) is 0 Å². The molecule has 0 amide bonds. The van der Waals surface area contributed by atoms with E-state index in [1.807, 2.05) is 12.4 Å². The van der Waals surface area contributed by atoms with E-state index in [0.29, 0.717) is 6.04 Å². The molecule has 2 rings (SSSR count). The van der Waals surface area contributed by atoms with Crippen molar-refractivity contribution in [2.75, 3.05) is 18.0 Å². The van der Waals surface area contributed by atoms with Crippen LogP contribution in [0.1, 0.15) is 39.3 Å². The lowest BCUT2D eigenvalue weighted by molar-refractivity contribution is 0.567. The second-order valence-electron chi connectivity index (χ2n) is 5.41. The number of rotatable bonds is 5. The van der Waals surface area contributed by atoms with Gasteiger partial charge in [0.25, 0.3) is 0 Å². The zero-order valence-corrected chi connectivity index (χ0v) is 11.7. The molecule has 1 unspecified atom stereocenters. The van der Waals surface area contributed by atoms with Crippen molar-refractivity contribution in [2.45, 2.75) is 46.2 Å². The van der Waals surface area contributed by atoms with Crippen molar-refractivity contribution in [3.8, 4) is 0 Å². The van der Waals surface area contributed by atoms with Gasteiger partial charge in [-0.05, 0) is 12.3 Å². The molecule has 4 heteroatoms. The lowest BCUT2D eigenvalue weighted by Gasteiger charge is -2.17. The Morgan fingerprint density at radius 1 is 1.44 bits per heavy atom. The summed E-state index contributed by atoms with van der Waals surface area (Å²) in [6.07, 6.45) is 6.29. The quantitative estimate of drug-likeness (QED) is 0.867. The third-order valence-electron chi connectivity index (χ3n) is 3.55. The number of nitrogens with zero attached hydrogens (tertiary/aromatic N) is 3. The molecule has 1 aromatic rings. The molecular weight excluding hydrogens is 224 g/mol. The van der Waals surface area contributed by atoms with Gasteiger partial charge < -0.3 is 10.2 Å². The summed E-state index contributed by atoms with van der Waals surface area (Å²) in [6.45, 7) is 9.60. The summed E-state index contributed by atoms with van der Waals surface area (Å²) >= 11 is 0. The van der Waals surface area contributed by atoms with Crippen LogP contribution in [-0.4, -0.2) is 29.1 Å². The SMILES string of the molecule is CCC1CCN(c2cncc(CNC(C)C)n2)C1. The first-order valence-electron chi connectivity index (χ1n) is 6.98. The van der Waals surface area contributed by atoms with Crippen LogP contribution in [0.4, 0.5) is 5.82 Å². The van der Waals surface area contributed by atoms with Crippen LogP contribution in [0.3, 0.4) is 0 Å². The van der Waals surface area contributed by atoms with E-state index >= 15 is 0 Å². The molecule has 1 fully saturated rings. The van der Waals surface area contributed by atoms with Gasteiger partial charge in [-0.2, -0.15) is 0 Å². The van der Waals surface area contributed by atoms with E-state index in [0.717, 1.165) is 37.1 Å². The predicted molar refractivity (Wildman–Crippen MR) is 74.6 cm³/mol. The molecule has 1 aromatic heterocycles. The Bertz CT molecular complexity index is 378. The summed E-state index contributed by atoms with van der Waals surface area (Å²) in [5.41, 5.74) is 1.03. The van der Waals surface area contributed by atoms with E-state index in [-0.39, 0.29) is 0 Å². The topological polar surface area (TPSA) is 41.1 Å². The van der Waals surface area contributed by atoms with E-state index < -0.39 is 0 Å². The minimum Gasteiger partial charge on any atom is -0.355 e. The first-order chi connectivity index (χ1) is 8.69. The summed E-state index contributed by atoms with van der Waals surface area (Å²) in [4.78, 5) is 11.4. The Hall–Kier alpha value is -1.16. The highest BCUT2D eigenvalue weighted by molar-refractivity contribution is 5.37. The Morgan fingerprint density at radius 3 is 2.94 bits per heavy atom. The standard InChI is InChI=1S/C14H24N4/c1-4-12-5-6-18(10-12)14-9-15-7-13(17-14)8-16-11(2)3/h7,9,11-12,16H,4-6,8,10H2,1-3H3. The molecule has 2 heterocycles. The van der Waals surface area contributed by atoms with Crippen LogP contribution in [0.15, 0.2) is 12.4 Å². The van der Waals surface area contributed by atoms with Gasteiger partial charge in [-0.1, -0.05) is 27.2 Å². The van der Waals surface area contributed by atoms with Gasteiger partial charge in [0.05, 0.1) is 11.9 Å². The zero-order chi connectivity index (χ0) is 13.0. The molecule has 0 radical (unpaired) electrons. The summed E-state index contributed by atoms with van der Waals surface area (Å²) in [7, 11) is 0. The summed E-state index contributed by atoms with van der Waals surface area (Å²) in [5.74, 6) is 1.86. The minimum absolute atomic E-state index is 0.478. The van der Waals surface area contributed by atoms with Gasteiger partial charge in [0.2, 0.25) is 0 Å². The highest BCUT2D eigenvalue weighted by Crippen LogP contribution is 2.23. The number of hydrogen-bond donors (Lipinski definition) is 1. The molecule has 0 aliphatic carbocycles. The van der Waals surface area contributed by atoms with Crippen LogP contribution in [-0.2, 0) is 6.54 Å². The fraction of sp³-hybridized carbons (Fsp3) is 0.714. The van der Waals surface area contributed by atoms with Gasteiger partial charge in [-0.15, -0.1) is 0 Å². The molecule has 4 nitrogen and oxygen atoms in total. The van der Waals surface area contributed by atoms with Gasteiger partial charge in [0.15, 0.2) is 0 Å². The molecule has 0 saturated carbocycles. The maximum absolute atomic E-state index is 4.70. The first-order valence-corrected chi connectivity index (χ1v) is 6.98. The molecule has 0 aromatic carbocycles. The Morgan fingerprint density at radius 2 is 2.28 bits per heavy atom. The normalized spacial score (nSPS) is 19.8. The Balaban J connectivity index is 1.99. The molecule has 1 aliphatic heterocycles. The minimum atomic E-state index is 0.478. The van der Waals surface area contributed by atoms with Crippen LogP contribution in [0.25, 0.3) is 0 Å². The summed E-state index contributed by atoms with van der Waals surface area (Å²) < 4.78 is 0. The molecule has 18 heavy (non-hydrogen) atoms. The maximum atomic E-state index is 4.70. The second-order valence-corrected chi connectivity index (χ2v) is 5.41. The second kappa shape index (κ2) is 6.14. The number of aromatic nitrogens is 2. The lowest BCUT2D eigenvalue weighted by Crippen LogP contribution is -2.24. The van der Waals surface area contributed by atoms with E-state index in [1.165, 1.54) is 12.8 Å². The largest absolute Gasteiger partial charge is 0.355 e. The third kappa shape index (κ3) is 3.42. The molecule has 0 bridgehead atoms. The third-order valence-corrected chi connectivity index (χ3v) is 3.55. The summed E-state index contributed by atoms with van der Waals surface area (Å²) in [6, 6.07) is 0.478. The molecule has 1 N–H and O–H groups in total. The van der Waals surface area contributed by atoms with Gasteiger partial charge in [0.1, 0.15) is 5.82 Å². The van der Waals surface area contributed by atoms with Crippen molar-refractivity contribution < 1.29 is 0 Å². The summed E-state index contributed by atoms with van der Waals surface area (Å²) in [5, 5.41) is 3.38. The molecule has 1 atom stereocenters. The highest BCUT2D eigenvalue weighted by atomic mass is 15.2. The predicted octanol–water partition coefficient (Wildman–Crippen LogP) is 2.21. The van der Waals surface area contributed by atoms with Crippen molar-refractivity contribution in [3.63, 3.8) is 0 Å². The van der Waals surface area contributed by atoms with Crippen molar-refractivity contribution in [3.05, 3.63) is 18.1 Å². The smallest absolute Gasteiger partial charge is 0.147 e. The fourth-order valence-electron chi connectivity index (χ4n) is 2.32. The van der Waals surface area contributed by atoms with Crippen LogP contribution in [0.5, 0.6) is 0 Å². The average Bonchev–Trinajstić information content (AvgIpc) is 2.85. The van der Waals surface area contributed by atoms with E-state index in [2.05, 4.69) is 36.0 Å². The number of anilines is 1. The molecule has 100 valence electrons. The Kier molecular flexibility index (Phi) is 4.53.